The van der Waals surface area contributed by atoms with Crippen LogP contribution < -0.4 is 4.90 Å². The average molecular weight is 257 g/mol. The van der Waals surface area contributed by atoms with Gasteiger partial charge in [0.2, 0.25) is 0 Å². The molecule has 1 saturated heterocycles. The molecule has 0 unspecified atom stereocenters. The Labute approximate surface area is 100 Å². The highest BCUT2D eigenvalue weighted by atomic mass is 32.2. The first-order valence-electron chi connectivity index (χ1n) is 5.47. The number of rotatable bonds is 3. The van der Waals surface area contributed by atoms with E-state index in [1.54, 1.807) is 12.1 Å². The molecule has 0 amide bonds. The monoisotopic (exact) mass is 257 g/mol. The Balaban J connectivity index is 2.24. The number of hydrogen-bond donors (Lipinski definition) is 2. The zero-order valence-electron chi connectivity index (χ0n) is 9.28. The van der Waals surface area contributed by atoms with Gasteiger partial charge in [0.1, 0.15) is 0 Å². The quantitative estimate of drug-likeness (QED) is 0.786. The third-order valence-electron chi connectivity index (χ3n) is 3.05. The second-order valence-corrected chi connectivity index (χ2v) is 5.56. The minimum atomic E-state index is -4.13. The van der Waals surface area contributed by atoms with Gasteiger partial charge in [0.15, 0.2) is 0 Å². The summed E-state index contributed by atoms with van der Waals surface area (Å²) in [6, 6.07) is 6.15. The summed E-state index contributed by atoms with van der Waals surface area (Å²) in [7, 11) is -4.13. The number of aliphatic hydroxyl groups is 1. The maximum Gasteiger partial charge on any atom is 0.294 e. The van der Waals surface area contributed by atoms with Crippen LogP contribution >= 0.6 is 0 Å². The Morgan fingerprint density at radius 2 is 1.94 bits per heavy atom. The lowest BCUT2D eigenvalue weighted by atomic mass is 10.2. The number of anilines is 1. The van der Waals surface area contributed by atoms with Crippen molar-refractivity contribution in [3.63, 3.8) is 0 Å². The normalized spacial score (nSPS) is 20.8. The summed E-state index contributed by atoms with van der Waals surface area (Å²) in [5.74, 6) is 0. The van der Waals surface area contributed by atoms with Crippen molar-refractivity contribution in [3.8, 4) is 0 Å². The van der Waals surface area contributed by atoms with Crippen LogP contribution in [0.25, 0.3) is 0 Å². The van der Waals surface area contributed by atoms with Crippen LogP contribution in [0.4, 0.5) is 5.69 Å². The number of hydrogen-bond acceptors (Lipinski definition) is 4. The third-order valence-corrected chi connectivity index (χ3v) is 3.92. The first-order chi connectivity index (χ1) is 8.02. The maximum absolute atomic E-state index is 10.9. The average Bonchev–Trinajstić information content (AvgIpc) is 2.76. The summed E-state index contributed by atoms with van der Waals surface area (Å²) < 4.78 is 30.6. The second-order valence-electron chi connectivity index (χ2n) is 4.14. The molecule has 0 saturated carbocycles. The fraction of sp³-hybridized carbons (Fsp3) is 0.455. The van der Waals surface area contributed by atoms with E-state index in [2.05, 4.69) is 0 Å². The fourth-order valence-corrected chi connectivity index (χ4v) is 2.66. The van der Waals surface area contributed by atoms with Crippen molar-refractivity contribution < 1.29 is 18.1 Å². The van der Waals surface area contributed by atoms with Gasteiger partial charge < -0.3 is 10.0 Å². The lowest BCUT2D eigenvalue weighted by Gasteiger charge is -2.25. The van der Waals surface area contributed by atoms with Crippen molar-refractivity contribution >= 4 is 15.8 Å². The van der Waals surface area contributed by atoms with Crippen LogP contribution in [0.3, 0.4) is 0 Å². The van der Waals surface area contributed by atoms with Crippen molar-refractivity contribution in [1.29, 1.82) is 0 Å². The van der Waals surface area contributed by atoms with Crippen molar-refractivity contribution in [1.82, 2.24) is 0 Å². The molecule has 0 aliphatic carbocycles. The third kappa shape index (κ3) is 2.59. The molecule has 2 N–H and O–H groups in total. The number of benzene rings is 1. The first kappa shape index (κ1) is 12.3. The summed E-state index contributed by atoms with van der Waals surface area (Å²) in [6.45, 7) is 0.955. The smallest absolute Gasteiger partial charge is 0.294 e. The van der Waals surface area contributed by atoms with Crippen molar-refractivity contribution in [2.24, 2.45) is 0 Å². The van der Waals surface area contributed by atoms with E-state index in [-0.39, 0.29) is 17.5 Å². The highest BCUT2D eigenvalue weighted by molar-refractivity contribution is 7.85. The minimum Gasteiger partial charge on any atom is -0.394 e. The Kier molecular flexibility index (Phi) is 3.37. The highest BCUT2D eigenvalue weighted by Crippen LogP contribution is 2.26. The standard InChI is InChI=1S/C11H15NO4S/c13-8-10-2-1-7-12(10)9-3-5-11(6-4-9)17(14,15)16/h3-6,10,13H,1-2,7-8H2,(H,14,15,16)/t10-/m0/s1. The molecule has 0 spiro atoms. The molecule has 0 bridgehead atoms. The SMILES string of the molecule is O=S(=O)(O)c1ccc(N2CCC[C@H]2CO)cc1. The number of nitrogens with zero attached hydrogens (tertiary/aromatic N) is 1. The minimum absolute atomic E-state index is 0.0973. The molecule has 1 aromatic carbocycles. The van der Waals surface area contributed by atoms with Gasteiger partial charge in [0.05, 0.1) is 17.5 Å². The van der Waals surface area contributed by atoms with Gasteiger partial charge in [-0.05, 0) is 37.1 Å². The van der Waals surface area contributed by atoms with E-state index >= 15 is 0 Å². The number of aliphatic hydroxyl groups excluding tert-OH is 1. The van der Waals surface area contributed by atoms with Crippen LogP contribution in [-0.4, -0.2) is 37.3 Å². The van der Waals surface area contributed by atoms with Gasteiger partial charge in [0, 0.05) is 12.2 Å². The van der Waals surface area contributed by atoms with E-state index in [0.29, 0.717) is 0 Å². The van der Waals surface area contributed by atoms with Crippen LogP contribution in [0.1, 0.15) is 12.8 Å². The molecular weight excluding hydrogens is 242 g/mol. The molecule has 1 fully saturated rings. The molecule has 0 radical (unpaired) electrons. The van der Waals surface area contributed by atoms with Crippen LogP contribution in [0, 0.1) is 0 Å². The molecule has 2 rings (SSSR count). The molecule has 1 atom stereocenters. The molecule has 1 aliphatic heterocycles. The van der Waals surface area contributed by atoms with Crippen LogP contribution in [0.15, 0.2) is 29.2 Å². The summed E-state index contributed by atoms with van der Waals surface area (Å²) in [4.78, 5) is 1.94. The lowest BCUT2D eigenvalue weighted by molar-refractivity contribution is 0.266. The topological polar surface area (TPSA) is 77.8 Å². The van der Waals surface area contributed by atoms with Gasteiger partial charge >= 0.3 is 0 Å². The summed E-state index contributed by atoms with van der Waals surface area (Å²) in [6.07, 6.45) is 1.96. The zero-order chi connectivity index (χ0) is 12.5. The van der Waals surface area contributed by atoms with E-state index in [1.807, 2.05) is 4.90 Å². The second kappa shape index (κ2) is 4.64. The first-order valence-corrected chi connectivity index (χ1v) is 6.91. The van der Waals surface area contributed by atoms with Crippen LogP contribution in [-0.2, 0) is 10.1 Å². The Bertz CT molecular complexity index is 483. The molecule has 5 nitrogen and oxygen atoms in total. The van der Waals surface area contributed by atoms with Gasteiger partial charge in [-0.2, -0.15) is 8.42 Å². The zero-order valence-corrected chi connectivity index (χ0v) is 10.1. The Morgan fingerprint density at radius 1 is 1.29 bits per heavy atom. The van der Waals surface area contributed by atoms with Gasteiger partial charge in [-0.25, -0.2) is 0 Å². The van der Waals surface area contributed by atoms with Crippen molar-refractivity contribution in [3.05, 3.63) is 24.3 Å². The van der Waals surface area contributed by atoms with Gasteiger partial charge in [-0.15, -0.1) is 0 Å². The molecular formula is C11H15NO4S. The predicted octanol–water partition coefficient (Wildman–Crippen LogP) is 0.894. The van der Waals surface area contributed by atoms with Crippen molar-refractivity contribution in [2.75, 3.05) is 18.1 Å². The van der Waals surface area contributed by atoms with E-state index < -0.39 is 10.1 Å². The molecule has 1 aromatic rings. The Hall–Kier alpha value is -1.11. The van der Waals surface area contributed by atoms with E-state index in [1.165, 1.54) is 12.1 Å². The maximum atomic E-state index is 10.9. The van der Waals surface area contributed by atoms with E-state index in [4.69, 9.17) is 4.55 Å². The Morgan fingerprint density at radius 3 is 2.47 bits per heavy atom. The molecule has 6 heteroatoms. The van der Waals surface area contributed by atoms with E-state index in [9.17, 15) is 13.5 Å². The van der Waals surface area contributed by atoms with Gasteiger partial charge in [-0.3, -0.25) is 4.55 Å². The van der Waals surface area contributed by atoms with Gasteiger partial charge in [0.25, 0.3) is 10.1 Å². The van der Waals surface area contributed by atoms with Gasteiger partial charge in [-0.1, -0.05) is 0 Å². The fourth-order valence-electron chi connectivity index (χ4n) is 2.18. The van der Waals surface area contributed by atoms with Crippen LogP contribution in [0.5, 0.6) is 0 Å². The van der Waals surface area contributed by atoms with Crippen LogP contribution in [0.2, 0.25) is 0 Å². The predicted molar refractivity (Wildman–Crippen MR) is 63.7 cm³/mol. The summed E-state index contributed by atoms with van der Waals surface area (Å²) in [5, 5.41) is 9.20. The summed E-state index contributed by atoms with van der Waals surface area (Å²) in [5.41, 5.74) is 0.869. The highest BCUT2D eigenvalue weighted by Gasteiger charge is 2.24. The molecule has 1 heterocycles. The molecule has 1 aliphatic rings. The largest absolute Gasteiger partial charge is 0.394 e. The van der Waals surface area contributed by atoms with Crippen molar-refractivity contribution in [2.45, 2.75) is 23.8 Å². The molecule has 94 valence electrons. The summed E-state index contributed by atoms with van der Waals surface area (Å²) >= 11 is 0. The lowest BCUT2D eigenvalue weighted by Crippen LogP contribution is -2.31. The molecule has 0 aromatic heterocycles. The van der Waals surface area contributed by atoms with E-state index in [0.717, 1.165) is 25.1 Å². The molecule has 17 heavy (non-hydrogen) atoms.